The minimum atomic E-state index is -0.941. The minimum Gasteiger partial charge on any atom is -0.456 e. The molecule has 1 rings (SSSR count). The first-order valence-corrected chi connectivity index (χ1v) is 9.84. The van der Waals surface area contributed by atoms with Crippen LogP contribution in [0.2, 0.25) is 0 Å². The van der Waals surface area contributed by atoms with Crippen LogP contribution in [0.4, 0.5) is 4.39 Å². The zero-order valence-corrected chi connectivity index (χ0v) is 18.4. The Kier molecular flexibility index (Phi) is 8.50. The van der Waals surface area contributed by atoms with E-state index < -0.39 is 40.8 Å². The fraction of sp³-hybridized carbons (Fsp3) is 0.591. The molecule has 0 aliphatic rings. The monoisotopic (exact) mass is 408 g/mol. The second kappa shape index (κ2) is 9.96. The van der Waals surface area contributed by atoms with Gasteiger partial charge in [0, 0.05) is 18.5 Å². The fourth-order valence-electron chi connectivity index (χ4n) is 3.18. The molecule has 2 atom stereocenters. The normalized spacial score (nSPS) is 13.7. The Balaban J connectivity index is 3.56. The standard InChI is InChI=1S/C22H33FN2O4/c1-12(2)10-13(3)19(26)17-14(11-16(24)20(27)25-7)8-9-15(23)18(17)21(28)29-22(4,5)6/h8-9,12-13,16H,10-11,24H2,1-7H3,(H,25,27)/t13-,16?/m1/s1. The maximum absolute atomic E-state index is 14.7. The first-order valence-electron chi connectivity index (χ1n) is 9.84. The Bertz CT molecular complexity index is 769. The number of ketones is 1. The molecule has 1 amide bonds. The highest BCUT2D eigenvalue weighted by Crippen LogP contribution is 2.27. The van der Waals surface area contributed by atoms with E-state index in [0.29, 0.717) is 12.0 Å². The van der Waals surface area contributed by atoms with Crippen LogP contribution in [0.15, 0.2) is 12.1 Å². The van der Waals surface area contributed by atoms with Gasteiger partial charge in [-0.15, -0.1) is 0 Å². The summed E-state index contributed by atoms with van der Waals surface area (Å²) < 4.78 is 20.1. The molecule has 0 radical (unpaired) electrons. The van der Waals surface area contributed by atoms with Crippen molar-refractivity contribution in [2.75, 3.05) is 7.05 Å². The summed E-state index contributed by atoms with van der Waals surface area (Å²) in [4.78, 5) is 37.9. The van der Waals surface area contributed by atoms with E-state index in [1.165, 1.54) is 13.1 Å². The summed E-state index contributed by atoms with van der Waals surface area (Å²) in [6.45, 7) is 10.7. The third-order valence-corrected chi connectivity index (χ3v) is 4.39. The molecule has 1 unspecified atom stereocenters. The Hall–Kier alpha value is -2.28. The number of Topliss-reactive ketones (excluding diaryl/α,β-unsaturated/α-hetero) is 1. The molecule has 1 aromatic rings. The fourth-order valence-corrected chi connectivity index (χ4v) is 3.18. The van der Waals surface area contributed by atoms with Crippen molar-refractivity contribution in [3.8, 4) is 0 Å². The molecule has 0 bridgehead atoms. The number of benzene rings is 1. The smallest absolute Gasteiger partial charge is 0.342 e. The summed E-state index contributed by atoms with van der Waals surface area (Å²) in [5.74, 6) is -2.72. The lowest BCUT2D eigenvalue weighted by Gasteiger charge is -2.23. The summed E-state index contributed by atoms with van der Waals surface area (Å²) in [5.41, 5.74) is 4.96. The quantitative estimate of drug-likeness (QED) is 0.508. The van der Waals surface area contributed by atoms with Crippen molar-refractivity contribution in [1.82, 2.24) is 5.32 Å². The Morgan fingerprint density at radius 2 is 1.72 bits per heavy atom. The number of amides is 1. The molecule has 162 valence electrons. The average Bonchev–Trinajstić information content (AvgIpc) is 2.59. The van der Waals surface area contributed by atoms with E-state index >= 15 is 0 Å². The van der Waals surface area contributed by atoms with Gasteiger partial charge in [0.05, 0.1) is 6.04 Å². The second-order valence-corrected chi connectivity index (χ2v) is 8.78. The van der Waals surface area contributed by atoms with Gasteiger partial charge < -0.3 is 15.8 Å². The van der Waals surface area contributed by atoms with Gasteiger partial charge in [0.2, 0.25) is 5.91 Å². The first-order chi connectivity index (χ1) is 13.3. The lowest BCUT2D eigenvalue weighted by molar-refractivity contribution is -0.121. The zero-order valence-electron chi connectivity index (χ0n) is 18.4. The zero-order chi connectivity index (χ0) is 22.5. The van der Waals surface area contributed by atoms with Crippen LogP contribution in [-0.2, 0) is 16.0 Å². The minimum absolute atomic E-state index is 0.00871. The second-order valence-electron chi connectivity index (χ2n) is 8.78. The number of carbonyl (C=O) groups excluding carboxylic acids is 3. The molecule has 0 aliphatic carbocycles. The molecular formula is C22H33FN2O4. The molecule has 7 heteroatoms. The van der Waals surface area contributed by atoms with Crippen LogP contribution in [-0.4, -0.2) is 36.4 Å². The van der Waals surface area contributed by atoms with Crippen LogP contribution in [0, 0.1) is 17.7 Å². The first kappa shape index (κ1) is 24.8. The average molecular weight is 409 g/mol. The molecule has 6 nitrogen and oxygen atoms in total. The van der Waals surface area contributed by atoms with Gasteiger partial charge in [0.1, 0.15) is 17.0 Å². The topological polar surface area (TPSA) is 98.5 Å². The van der Waals surface area contributed by atoms with Crippen LogP contribution in [0.5, 0.6) is 0 Å². The predicted octanol–water partition coefficient (Wildman–Crippen LogP) is 3.26. The third-order valence-electron chi connectivity index (χ3n) is 4.39. The molecule has 0 heterocycles. The van der Waals surface area contributed by atoms with Gasteiger partial charge in [-0.1, -0.05) is 26.8 Å². The highest BCUT2D eigenvalue weighted by molar-refractivity contribution is 6.08. The SMILES string of the molecule is CNC(=O)C(N)Cc1ccc(F)c(C(=O)OC(C)(C)C)c1C(=O)[C@H](C)CC(C)C. The van der Waals surface area contributed by atoms with Gasteiger partial charge in [-0.25, -0.2) is 9.18 Å². The number of hydrogen-bond acceptors (Lipinski definition) is 5. The number of halogens is 1. The van der Waals surface area contributed by atoms with Gasteiger partial charge >= 0.3 is 5.97 Å². The van der Waals surface area contributed by atoms with Crippen LogP contribution in [0.1, 0.15) is 74.2 Å². The van der Waals surface area contributed by atoms with Crippen LogP contribution >= 0.6 is 0 Å². The van der Waals surface area contributed by atoms with Crippen molar-refractivity contribution >= 4 is 17.7 Å². The highest BCUT2D eigenvalue weighted by Gasteiger charge is 2.31. The number of ether oxygens (including phenoxy) is 1. The van der Waals surface area contributed by atoms with Gasteiger partial charge in [-0.05, 0) is 51.2 Å². The van der Waals surface area contributed by atoms with Crippen LogP contribution < -0.4 is 11.1 Å². The van der Waals surface area contributed by atoms with Crippen LogP contribution in [0.3, 0.4) is 0 Å². The van der Waals surface area contributed by atoms with Gasteiger partial charge in [-0.3, -0.25) is 9.59 Å². The molecule has 1 aromatic carbocycles. The molecule has 0 aliphatic heterocycles. The van der Waals surface area contributed by atoms with E-state index in [2.05, 4.69) is 5.32 Å². The van der Waals surface area contributed by atoms with Gasteiger partial charge in [-0.2, -0.15) is 0 Å². The van der Waals surface area contributed by atoms with Crippen molar-refractivity contribution in [2.45, 2.75) is 66.0 Å². The number of likely N-dealkylation sites (N-methyl/N-ethyl adjacent to an activating group) is 1. The van der Waals surface area contributed by atoms with Crippen molar-refractivity contribution in [3.63, 3.8) is 0 Å². The number of hydrogen-bond donors (Lipinski definition) is 2. The van der Waals surface area contributed by atoms with E-state index in [0.717, 1.165) is 6.07 Å². The summed E-state index contributed by atoms with van der Waals surface area (Å²) in [6.07, 6.45) is 0.565. The largest absolute Gasteiger partial charge is 0.456 e. The van der Waals surface area contributed by atoms with E-state index in [9.17, 15) is 18.8 Å². The molecule has 0 saturated heterocycles. The highest BCUT2D eigenvalue weighted by atomic mass is 19.1. The van der Waals surface area contributed by atoms with Gasteiger partial charge in [0.15, 0.2) is 5.78 Å². The lowest BCUT2D eigenvalue weighted by atomic mass is 9.85. The maximum atomic E-state index is 14.7. The van der Waals surface area contributed by atoms with Crippen molar-refractivity contribution < 1.29 is 23.5 Å². The molecular weight excluding hydrogens is 375 g/mol. The number of rotatable bonds is 8. The summed E-state index contributed by atoms with van der Waals surface area (Å²) in [5, 5.41) is 2.45. The number of nitrogens with one attached hydrogen (secondary N) is 1. The summed E-state index contributed by atoms with van der Waals surface area (Å²) >= 11 is 0. The van der Waals surface area contributed by atoms with Crippen LogP contribution in [0.25, 0.3) is 0 Å². The Labute approximate surface area is 172 Å². The summed E-state index contributed by atoms with van der Waals surface area (Å²) in [6, 6.07) is 1.57. The van der Waals surface area contributed by atoms with Crippen molar-refractivity contribution in [3.05, 3.63) is 34.6 Å². The van der Waals surface area contributed by atoms with E-state index in [1.54, 1.807) is 27.7 Å². The van der Waals surface area contributed by atoms with Crippen molar-refractivity contribution in [2.24, 2.45) is 17.6 Å². The third kappa shape index (κ3) is 6.92. The van der Waals surface area contributed by atoms with E-state index in [4.69, 9.17) is 10.5 Å². The predicted molar refractivity (Wildman–Crippen MR) is 110 cm³/mol. The Morgan fingerprint density at radius 3 is 2.21 bits per heavy atom. The Morgan fingerprint density at radius 1 is 1.14 bits per heavy atom. The molecule has 29 heavy (non-hydrogen) atoms. The number of carbonyl (C=O) groups is 3. The van der Waals surface area contributed by atoms with Crippen molar-refractivity contribution in [1.29, 1.82) is 0 Å². The lowest BCUT2D eigenvalue weighted by Crippen LogP contribution is -2.40. The molecule has 0 fully saturated rings. The molecule has 0 aromatic heterocycles. The molecule has 0 saturated carbocycles. The number of esters is 1. The number of nitrogens with two attached hydrogens (primary N) is 1. The maximum Gasteiger partial charge on any atom is 0.342 e. The molecule has 0 spiro atoms. The van der Waals surface area contributed by atoms with Gasteiger partial charge in [0.25, 0.3) is 0 Å². The van der Waals surface area contributed by atoms with E-state index in [-0.39, 0.29) is 23.7 Å². The van der Waals surface area contributed by atoms with E-state index in [1.807, 2.05) is 13.8 Å². The summed E-state index contributed by atoms with van der Waals surface area (Å²) in [7, 11) is 1.45. The molecule has 3 N–H and O–H groups in total.